The molecule has 0 aromatic carbocycles. The maximum absolute atomic E-state index is 11.4. The van der Waals surface area contributed by atoms with Gasteiger partial charge in [0.2, 0.25) is 0 Å². The van der Waals surface area contributed by atoms with Crippen LogP contribution >= 0.6 is 0 Å². The van der Waals surface area contributed by atoms with E-state index in [-0.39, 0.29) is 18.6 Å². The van der Waals surface area contributed by atoms with E-state index in [1.54, 1.807) is 7.11 Å². The predicted octanol–water partition coefficient (Wildman–Crippen LogP) is 1.34. The van der Waals surface area contributed by atoms with Gasteiger partial charge in [-0.3, -0.25) is 4.79 Å². The van der Waals surface area contributed by atoms with Crippen molar-refractivity contribution >= 4 is 5.97 Å². The van der Waals surface area contributed by atoms with Gasteiger partial charge in [0.1, 0.15) is 6.10 Å². The highest BCUT2D eigenvalue weighted by molar-refractivity contribution is 5.71. The van der Waals surface area contributed by atoms with Crippen molar-refractivity contribution in [2.24, 2.45) is 5.92 Å². The van der Waals surface area contributed by atoms with E-state index < -0.39 is 0 Å². The first-order chi connectivity index (χ1) is 7.72. The Morgan fingerprint density at radius 1 is 1.31 bits per heavy atom. The van der Waals surface area contributed by atoms with Gasteiger partial charge < -0.3 is 14.8 Å². The van der Waals surface area contributed by atoms with Crippen molar-refractivity contribution < 1.29 is 14.3 Å². The van der Waals surface area contributed by atoms with Crippen molar-refractivity contribution in [3.05, 3.63) is 0 Å². The van der Waals surface area contributed by atoms with Crippen LogP contribution < -0.4 is 5.32 Å². The molecule has 0 atom stereocenters. The number of esters is 1. The zero-order valence-electron chi connectivity index (χ0n) is 10.3. The summed E-state index contributed by atoms with van der Waals surface area (Å²) in [5.41, 5.74) is 0. The zero-order valence-corrected chi connectivity index (χ0v) is 10.3. The van der Waals surface area contributed by atoms with Gasteiger partial charge in [0.25, 0.3) is 0 Å². The third-order valence-electron chi connectivity index (χ3n) is 3.01. The maximum atomic E-state index is 11.4. The molecule has 0 radical (unpaired) electrons. The molecule has 0 bridgehead atoms. The average Bonchev–Trinajstić information content (AvgIpc) is 2.28. The van der Waals surface area contributed by atoms with Crippen LogP contribution in [0.4, 0.5) is 0 Å². The molecule has 4 heteroatoms. The number of hydrogen-bond donors (Lipinski definition) is 1. The first-order valence-corrected chi connectivity index (χ1v) is 6.11. The Hall–Kier alpha value is -0.610. The average molecular weight is 229 g/mol. The molecule has 0 aromatic heterocycles. The Labute approximate surface area is 97.7 Å². The third kappa shape index (κ3) is 5.47. The van der Waals surface area contributed by atoms with Crippen LogP contribution in [0.5, 0.6) is 0 Å². The van der Waals surface area contributed by atoms with E-state index in [4.69, 9.17) is 9.47 Å². The van der Waals surface area contributed by atoms with Crippen molar-refractivity contribution in [3.8, 4) is 0 Å². The largest absolute Gasteiger partial charge is 0.461 e. The van der Waals surface area contributed by atoms with Crippen molar-refractivity contribution in [2.45, 2.75) is 38.7 Å². The standard InChI is InChI=1S/C12H23NO3/c1-10-3-5-11(6-4-10)16-12(14)9-13-7-8-15-2/h10-11,13H,3-9H2,1-2H3. The minimum atomic E-state index is -0.143. The Balaban J connectivity index is 2.05. The summed E-state index contributed by atoms with van der Waals surface area (Å²) in [5, 5.41) is 2.98. The fraction of sp³-hybridized carbons (Fsp3) is 0.917. The van der Waals surface area contributed by atoms with Crippen LogP contribution in [0.3, 0.4) is 0 Å². The molecule has 1 N–H and O–H groups in total. The molecule has 1 aliphatic carbocycles. The van der Waals surface area contributed by atoms with Gasteiger partial charge in [0.05, 0.1) is 13.2 Å². The number of ether oxygens (including phenoxy) is 2. The fourth-order valence-corrected chi connectivity index (χ4v) is 1.94. The number of rotatable bonds is 6. The van der Waals surface area contributed by atoms with Gasteiger partial charge in [-0.2, -0.15) is 0 Å². The molecular formula is C12H23NO3. The van der Waals surface area contributed by atoms with E-state index in [1.807, 2.05) is 0 Å². The molecule has 1 aliphatic rings. The Morgan fingerprint density at radius 2 is 2.00 bits per heavy atom. The highest BCUT2D eigenvalue weighted by Crippen LogP contribution is 2.25. The summed E-state index contributed by atoms with van der Waals surface area (Å²) in [4.78, 5) is 11.4. The summed E-state index contributed by atoms with van der Waals surface area (Å²) < 4.78 is 10.2. The van der Waals surface area contributed by atoms with Gasteiger partial charge in [0, 0.05) is 13.7 Å². The molecule has 1 saturated carbocycles. The molecule has 0 heterocycles. The van der Waals surface area contributed by atoms with Crippen molar-refractivity contribution in [2.75, 3.05) is 26.8 Å². The van der Waals surface area contributed by atoms with Crippen LogP contribution in [-0.4, -0.2) is 38.9 Å². The third-order valence-corrected chi connectivity index (χ3v) is 3.01. The van der Waals surface area contributed by atoms with E-state index in [2.05, 4.69) is 12.2 Å². The van der Waals surface area contributed by atoms with Crippen molar-refractivity contribution in [1.29, 1.82) is 0 Å². The van der Waals surface area contributed by atoms with Gasteiger partial charge in [-0.25, -0.2) is 0 Å². The van der Waals surface area contributed by atoms with Crippen molar-refractivity contribution in [1.82, 2.24) is 5.32 Å². The lowest BCUT2D eigenvalue weighted by molar-refractivity contribution is -0.149. The van der Waals surface area contributed by atoms with Crippen LogP contribution in [0.25, 0.3) is 0 Å². The SMILES string of the molecule is COCCNCC(=O)OC1CCC(C)CC1. The Kier molecular flexibility index (Phi) is 6.42. The second-order valence-corrected chi connectivity index (χ2v) is 4.54. The topological polar surface area (TPSA) is 47.6 Å². The molecule has 0 unspecified atom stereocenters. The van der Waals surface area contributed by atoms with Gasteiger partial charge in [-0.15, -0.1) is 0 Å². The molecule has 0 saturated heterocycles. The molecular weight excluding hydrogens is 206 g/mol. The summed E-state index contributed by atoms with van der Waals surface area (Å²) in [5.74, 6) is 0.644. The van der Waals surface area contributed by atoms with Crippen LogP contribution in [0.1, 0.15) is 32.6 Å². The minimum Gasteiger partial charge on any atom is -0.461 e. The molecule has 16 heavy (non-hydrogen) atoms. The lowest BCUT2D eigenvalue weighted by Gasteiger charge is -2.26. The van der Waals surface area contributed by atoms with E-state index in [9.17, 15) is 4.79 Å². The second kappa shape index (κ2) is 7.63. The number of hydrogen-bond acceptors (Lipinski definition) is 4. The van der Waals surface area contributed by atoms with Gasteiger partial charge >= 0.3 is 5.97 Å². The van der Waals surface area contributed by atoms with E-state index in [1.165, 1.54) is 12.8 Å². The molecule has 1 rings (SSSR count). The Morgan fingerprint density at radius 3 is 2.62 bits per heavy atom. The van der Waals surface area contributed by atoms with E-state index >= 15 is 0 Å². The smallest absolute Gasteiger partial charge is 0.320 e. The van der Waals surface area contributed by atoms with Gasteiger partial charge in [0.15, 0.2) is 0 Å². The molecule has 0 spiro atoms. The summed E-state index contributed by atoms with van der Waals surface area (Å²) >= 11 is 0. The summed E-state index contributed by atoms with van der Waals surface area (Å²) in [6, 6.07) is 0. The van der Waals surface area contributed by atoms with Gasteiger partial charge in [-0.1, -0.05) is 6.92 Å². The number of methoxy groups -OCH3 is 1. The second-order valence-electron chi connectivity index (χ2n) is 4.54. The molecule has 1 fully saturated rings. The normalized spacial score (nSPS) is 25.4. The van der Waals surface area contributed by atoms with Crippen molar-refractivity contribution in [3.63, 3.8) is 0 Å². The lowest BCUT2D eigenvalue weighted by atomic mass is 9.89. The van der Waals surface area contributed by atoms with Crippen LogP contribution in [0, 0.1) is 5.92 Å². The first kappa shape index (κ1) is 13.5. The Bertz CT molecular complexity index is 200. The number of carbonyl (C=O) groups is 1. The molecule has 0 amide bonds. The first-order valence-electron chi connectivity index (χ1n) is 6.11. The quantitative estimate of drug-likeness (QED) is 0.551. The van der Waals surface area contributed by atoms with Crippen LogP contribution in [-0.2, 0) is 14.3 Å². The van der Waals surface area contributed by atoms with E-state index in [0.717, 1.165) is 18.8 Å². The lowest BCUT2D eigenvalue weighted by Crippen LogP contribution is -2.31. The number of nitrogens with one attached hydrogen (secondary N) is 1. The summed E-state index contributed by atoms with van der Waals surface area (Å²) in [7, 11) is 1.64. The predicted molar refractivity (Wildman–Crippen MR) is 62.3 cm³/mol. The monoisotopic (exact) mass is 229 g/mol. The van der Waals surface area contributed by atoms with Crippen LogP contribution in [0.2, 0.25) is 0 Å². The zero-order chi connectivity index (χ0) is 11.8. The maximum Gasteiger partial charge on any atom is 0.320 e. The fourth-order valence-electron chi connectivity index (χ4n) is 1.94. The minimum absolute atomic E-state index is 0.143. The van der Waals surface area contributed by atoms with Crippen LogP contribution in [0.15, 0.2) is 0 Å². The van der Waals surface area contributed by atoms with Gasteiger partial charge in [-0.05, 0) is 31.6 Å². The molecule has 4 nitrogen and oxygen atoms in total. The molecule has 0 aliphatic heterocycles. The molecule has 0 aromatic rings. The summed E-state index contributed by atoms with van der Waals surface area (Å²) in [6.07, 6.45) is 4.54. The highest BCUT2D eigenvalue weighted by Gasteiger charge is 2.20. The van der Waals surface area contributed by atoms with E-state index in [0.29, 0.717) is 13.2 Å². The molecule has 94 valence electrons. The highest BCUT2D eigenvalue weighted by atomic mass is 16.5. The summed E-state index contributed by atoms with van der Waals surface area (Å²) in [6.45, 7) is 3.85. The number of carbonyl (C=O) groups excluding carboxylic acids is 1.